The highest BCUT2D eigenvalue weighted by atomic mass is 19.4. The number of carbonyl (C=O) groups excluding carboxylic acids is 2. The number of carbonyl (C=O) groups is 2. The minimum Gasteiger partial charge on any atom is -0.390 e. The molecule has 1 aromatic carbocycles. The molecule has 1 saturated heterocycles. The minimum absolute atomic E-state index is 0.0335. The van der Waals surface area contributed by atoms with Crippen LogP contribution in [0.1, 0.15) is 59.9 Å². The van der Waals surface area contributed by atoms with E-state index in [4.69, 9.17) is 4.98 Å². The summed E-state index contributed by atoms with van der Waals surface area (Å²) >= 11 is 0. The van der Waals surface area contributed by atoms with Gasteiger partial charge in [-0.1, -0.05) is 6.07 Å². The average molecular weight is 543 g/mol. The predicted molar refractivity (Wildman–Crippen MR) is 140 cm³/mol. The van der Waals surface area contributed by atoms with Crippen molar-refractivity contribution in [2.75, 3.05) is 29.4 Å². The van der Waals surface area contributed by atoms with Gasteiger partial charge in [0.15, 0.2) is 0 Å². The fourth-order valence-electron chi connectivity index (χ4n) is 7.67. The Hall–Kier alpha value is -3.14. The van der Waals surface area contributed by atoms with E-state index in [0.717, 1.165) is 37.8 Å². The monoisotopic (exact) mass is 542 g/mol. The number of benzene rings is 1. The van der Waals surface area contributed by atoms with E-state index in [1.807, 2.05) is 19.1 Å². The molecule has 0 radical (unpaired) electrons. The first-order valence-corrected chi connectivity index (χ1v) is 13.7. The molecule has 4 bridgehead atoms. The summed E-state index contributed by atoms with van der Waals surface area (Å²) in [6.45, 7) is 3.89. The maximum Gasteiger partial charge on any atom is 0.454 e. The Balaban J connectivity index is 1.10. The Kier molecular flexibility index (Phi) is 6.36. The lowest BCUT2D eigenvalue weighted by molar-refractivity contribution is -0.136. The lowest BCUT2D eigenvalue weighted by atomic mass is 9.52. The predicted octanol–water partition coefficient (Wildman–Crippen LogP) is 4.21. The molecule has 2 unspecified atom stereocenters. The molecular formula is C29H33F3N4O3. The van der Waals surface area contributed by atoms with Gasteiger partial charge in [0, 0.05) is 43.0 Å². The Morgan fingerprint density at radius 2 is 1.72 bits per heavy atom. The maximum absolute atomic E-state index is 13.3. The van der Waals surface area contributed by atoms with E-state index in [9.17, 15) is 27.9 Å². The SMILES string of the molecule is C[C@@H]1CN(c2ccc(C(=O)C(F)(F)F)cc2)CCN1c1cccc(C(=O)NC2C3CC4CC2CC(O)(C4)C3)n1. The van der Waals surface area contributed by atoms with Crippen molar-refractivity contribution in [1.82, 2.24) is 10.3 Å². The van der Waals surface area contributed by atoms with E-state index >= 15 is 0 Å². The van der Waals surface area contributed by atoms with Crippen LogP contribution in [-0.2, 0) is 0 Å². The molecule has 4 saturated carbocycles. The van der Waals surface area contributed by atoms with Crippen molar-refractivity contribution >= 4 is 23.2 Å². The number of rotatable bonds is 5. The van der Waals surface area contributed by atoms with Gasteiger partial charge >= 0.3 is 6.18 Å². The molecule has 1 aliphatic heterocycles. The molecule has 2 N–H and O–H groups in total. The lowest BCUT2D eigenvalue weighted by Gasteiger charge is -2.58. The summed E-state index contributed by atoms with van der Waals surface area (Å²) in [5, 5.41) is 14.1. The van der Waals surface area contributed by atoms with Gasteiger partial charge in [-0.05, 0) is 93.2 Å². The highest BCUT2D eigenvalue weighted by Gasteiger charge is 2.55. The highest BCUT2D eigenvalue weighted by Crippen LogP contribution is 2.55. The van der Waals surface area contributed by atoms with Crippen LogP contribution < -0.4 is 15.1 Å². The van der Waals surface area contributed by atoms with Crippen molar-refractivity contribution in [2.24, 2.45) is 17.8 Å². The van der Waals surface area contributed by atoms with Crippen LogP contribution in [0.5, 0.6) is 0 Å². The van der Waals surface area contributed by atoms with Gasteiger partial charge in [0.05, 0.1) is 5.60 Å². The summed E-state index contributed by atoms with van der Waals surface area (Å²) in [6.07, 6.45) is -0.319. The maximum atomic E-state index is 13.3. The number of pyridine rings is 1. The van der Waals surface area contributed by atoms with Crippen LogP contribution in [0.25, 0.3) is 0 Å². The van der Waals surface area contributed by atoms with Gasteiger partial charge in [0.25, 0.3) is 11.7 Å². The molecule has 7 rings (SSSR count). The van der Waals surface area contributed by atoms with Crippen molar-refractivity contribution in [3.05, 3.63) is 53.7 Å². The molecule has 208 valence electrons. The van der Waals surface area contributed by atoms with Crippen molar-refractivity contribution in [1.29, 1.82) is 0 Å². The second-order valence-corrected chi connectivity index (χ2v) is 11.9. The summed E-state index contributed by atoms with van der Waals surface area (Å²) in [5.41, 5.74) is 0.208. The van der Waals surface area contributed by atoms with Gasteiger partial charge in [-0.2, -0.15) is 13.2 Å². The first kappa shape index (κ1) is 26.1. The number of anilines is 2. The molecule has 3 atom stereocenters. The van der Waals surface area contributed by atoms with E-state index in [-0.39, 0.29) is 23.6 Å². The number of hydrogen-bond acceptors (Lipinski definition) is 6. The Bertz CT molecular complexity index is 1250. The number of halogens is 3. The number of piperazine rings is 1. The van der Waals surface area contributed by atoms with Gasteiger partial charge in [-0.25, -0.2) is 4.98 Å². The van der Waals surface area contributed by atoms with E-state index in [1.54, 1.807) is 18.2 Å². The van der Waals surface area contributed by atoms with Crippen LogP contribution in [0.2, 0.25) is 0 Å². The van der Waals surface area contributed by atoms with Crippen LogP contribution in [0.4, 0.5) is 24.7 Å². The van der Waals surface area contributed by atoms with E-state index in [1.165, 1.54) is 12.1 Å². The minimum atomic E-state index is -4.89. The Morgan fingerprint density at radius 1 is 1.03 bits per heavy atom. The standard InChI is InChI=1S/C29H33F3N4O3/c1-17-16-35(22-7-5-19(6-8-22)26(37)29(30,31)32)9-10-36(17)24-4-2-3-23(33-24)27(38)34-25-20-11-18-12-21(25)15-28(39,13-18)14-20/h2-8,17-18,20-21,25,39H,9-16H2,1H3,(H,34,38)/t17-,18?,20?,21?,25?,28?/m1/s1. The van der Waals surface area contributed by atoms with Gasteiger partial charge in [-0.15, -0.1) is 0 Å². The molecule has 1 aromatic heterocycles. The number of aromatic nitrogens is 1. The van der Waals surface area contributed by atoms with E-state index < -0.39 is 17.6 Å². The van der Waals surface area contributed by atoms with Crippen LogP contribution in [0, 0.1) is 17.8 Å². The molecule has 4 aliphatic carbocycles. The second kappa shape index (κ2) is 9.50. The van der Waals surface area contributed by atoms with Crippen LogP contribution >= 0.6 is 0 Å². The van der Waals surface area contributed by atoms with Crippen LogP contribution in [0.3, 0.4) is 0 Å². The summed E-state index contributed by atoms with van der Waals surface area (Å²) < 4.78 is 38.2. The zero-order valence-corrected chi connectivity index (χ0v) is 21.8. The van der Waals surface area contributed by atoms with Crippen molar-refractivity contribution in [3.8, 4) is 0 Å². The van der Waals surface area contributed by atoms with Crippen molar-refractivity contribution in [2.45, 2.75) is 62.9 Å². The van der Waals surface area contributed by atoms with Gasteiger partial charge < -0.3 is 20.2 Å². The summed E-state index contributed by atoms with van der Waals surface area (Å²) in [7, 11) is 0. The molecule has 5 fully saturated rings. The number of Topliss-reactive ketones (excluding diaryl/α,β-unsaturated/α-hetero) is 1. The molecule has 7 nitrogen and oxygen atoms in total. The van der Waals surface area contributed by atoms with Gasteiger partial charge in [0.1, 0.15) is 11.5 Å². The van der Waals surface area contributed by atoms with Crippen molar-refractivity contribution in [3.63, 3.8) is 0 Å². The Labute approximate surface area is 225 Å². The molecule has 0 spiro atoms. The number of aliphatic hydroxyl groups is 1. The quantitative estimate of drug-likeness (QED) is 0.551. The number of nitrogens with zero attached hydrogens (tertiary/aromatic N) is 3. The van der Waals surface area contributed by atoms with E-state index in [2.05, 4.69) is 15.1 Å². The third-order valence-electron chi connectivity index (χ3n) is 9.18. The third-order valence-corrected chi connectivity index (χ3v) is 9.18. The normalized spacial score (nSPS) is 31.9. The summed E-state index contributed by atoms with van der Waals surface area (Å²) in [6, 6.07) is 11.1. The smallest absolute Gasteiger partial charge is 0.390 e. The first-order valence-electron chi connectivity index (χ1n) is 13.7. The van der Waals surface area contributed by atoms with E-state index in [0.29, 0.717) is 48.9 Å². The van der Waals surface area contributed by atoms with Crippen LogP contribution in [-0.4, -0.2) is 65.3 Å². The van der Waals surface area contributed by atoms with Gasteiger partial charge in [0.2, 0.25) is 0 Å². The molecule has 1 amide bonds. The molecule has 2 aromatic rings. The Morgan fingerprint density at radius 3 is 2.33 bits per heavy atom. The topological polar surface area (TPSA) is 85.8 Å². The molecule has 2 heterocycles. The van der Waals surface area contributed by atoms with Crippen molar-refractivity contribution < 1.29 is 27.9 Å². The number of nitrogens with one attached hydrogen (secondary N) is 1. The van der Waals surface area contributed by atoms with Crippen LogP contribution in [0.15, 0.2) is 42.5 Å². The average Bonchev–Trinajstić information content (AvgIpc) is 2.89. The fourth-order valence-corrected chi connectivity index (χ4v) is 7.67. The zero-order valence-electron chi connectivity index (χ0n) is 21.8. The molecular weight excluding hydrogens is 509 g/mol. The highest BCUT2D eigenvalue weighted by molar-refractivity contribution is 6.00. The summed E-state index contributed by atoms with van der Waals surface area (Å²) in [5.74, 6) is -0.101. The second-order valence-electron chi connectivity index (χ2n) is 11.9. The number of hydrogen-bond donors (Lipinski definition) is 2. The van der Waals surface area contributed by atoms with Gasteiger partial charge in [-0.3, -0.25) is 9.59 Å². The number of amides is 1. The number of alkyl halides is 3. The summed E-state index contributed by atoms with van der Waals surface area (Å²) in [4.78, 5) is 33.6. The largest absolute Gasteiger partial charge is 0.454 e. The zero-order chi connectivity index (χ0) is 27.5. The third kappa shape index (κ3) is 4.99. The number of ketones is 1. The fraction of sp³-hybridized carbons (Fsp3) is 0.552. The molecule has 10 heteroatoms. The first-order chi connectivity index (χ1) is 18.5. The molecule has 5 aliphatic rings. The lowest BCUT2D eigenvalue weighted by Crippen LogP contribution is -2.61. The molecule has 39 heavy (non-hydrogen) atoms.